The number of benzene rings is 1. The molecule has 0 aliphatic carbocycles. The van der Waals surface area contributed by atoms with E-state index in [1.54, 1.807) is 42.6 Å². The standard InChI is InChI=1S/C15H12N2O2S2/c1-17-14(19)13(9-12-3-2-8-20-12)21-15(17)16-10-4-6-11(18)7-5-10/h2-9,18H,1H3/b13-9-,16-15?. The smallest absolute Gasteiger partial charge is 0.266 e. The van der Waals surface area contributed by atoms with Crippen LogP contribution in [-0.2, 0) is 4.79 Å². The number of aliphatic imine (C=N–C) groups is 1. The van der Waals surface area contributed by atoms with Crippen molar-refractivity contribution in [3.63, 3.8) is 0 Å². The van der Waals surface area contributed by atoms with Crippen LogP contribution in [0.5, 0.6) is 5.75 Å². The fourth-order valence-electron chi connectivity index (χ4n) is 1.79. The highest BCUT2D eigenvalue weighted by Gasteiger charge is 2.30. The molecule has 1 amide bonds. The molecule has 1 aliphatic rings. The molecule has 21 heavy (non-hydrogen) atoms. The first-order valence-electron chi connectivity index (χ1n) is 6.22. The van der Waals surface area contributed by atoms with Gasteiger partial charge in [-0.3, -0.25) is 9.69 Å². The van der Waals surface area contributed by atoms with E-state index in [1.807, 2.05) is 23.6 Å². The van der Waals surface area contributed by atoms with Crippen molar-refractivity contribution in [1.29, 1.82) is 0 Å². The fraction of sp³-hybridized carbons (Fsp3) is 0.0667. The number of rotatable bonds is 2. The van der Waals surface area contributed by atoms with Crippen LogP contribution >= 0.6 is 23.1 Å². The molecule has 1 aromatic carbocycles. The highest BCUT2D eigenvalue weighted by Crippen LogP contribution is 2.33. The molecule has 1 aliphatic heterocycles. The molecular formula is C15H12N2O2S2. The molecule has 1 fully saturated rings. The lowest BCUT2D eigenvalue weighted by Gasteiger charge is -2.06. The van der Waals surface area contributed by atoms with Gasteiger partial charge in [0, 0.05) is 11.9 Å². The lowest BCUT2D eigenvalue weighted by molar-refractivity contribution is -0.121. The van der Waals surface area contributed by atoms with Crippen molar-refractivity contribution in [2.24, 2.45) is 4.99 Å². The van der Waals surface area contributed by atoms with Gasteiger partial charge in [0.15, 0.2) is 5.17 Å². The van der Waals surface area contributed by atoms with E-state index >= 15 is 0 Å². The second-order valence-electron chi connectivity index (χ2n) is 4.40. The molecule has 6 heteroatoms. The normalized spacial score (nSPS) is 18.9. The van der Waals surface area contributed by atoms with Gasteiger partial charge in [0.1, 0.15) is 5.75 Å². The van der Waals surface area contributed by atoms with Gasteiger partial charge in [-0.25, -0.2) is 4.99 Å². The minimum absolute atomic E-state index is 0.0501. The Balaban J connectivity index is 1.88. The molecule has 1 aromatic heterocycles. The maximum atomic E-state index is 12.2. The number of likely N-dealkylation sites (N-methyl/N-ethyl adjacent to an activating group) is 1. The second kappa shape index (κ2) is 5.75. The van der Waals surface area contributed by atoms with E-state index in [0.717, 1.165) is 4.88 Å². The first-order chi connectivity index (χ1) is 10.1. The van der Waals surface area contributed by atoms with E-state index in [1.165, 1.54) is 16.7 Å². The molecule has 4 nitrogen and oxygen atoms in total. The van der Waals surface area contributed by atoms with Crippen LogP contribution in [0.25, 0.3) is 6.08 Å². The van der Waals surface area contributed by atoms with Crippen LogP contribution in [-0.4, -0.2) is 28.1 Å². The Hall–Kier alpha value is -2.05. The molecule has 3 rings (SSSR count). The van der Waals surface area contributed by atoms with E-state index in [0.29, 0.717) is 15.8 Å². The number of carbonyl (C=O) groups is 1. The molecule has 2 heterocycles. The summed E-state index contributed by atoms with van der Waals surface area (Å²) >= 11 is 2.95. The van der Waals surface area contributed by atoms with Crippen LogP contribution in [0.2, 0.25) is 0 Å². The molecule has 1 N–H and O–H groups in total. The highest BCUT2D eigenvalue weighted by atomic mass is 32.2. The second-order valence-corrected chi connectivity index (χ2v) is 6.39. The number of thiophene rings is 1. The number of aromatic hydroxyl groups is 1. The molecule has 0 unspecified atom stereocenters. The van der Waals surface area contributed by atoms with Gasteiger partial charge >= 0.3 is 0 Å². The van der Waals surface area contributed by atoms with E-state index in [2.05, 4.69) is 4.99 Å². The molecule has 0 radical (unpaired) electrons. The molecule has 0 saturated carbocycles. The predicted molar refractivity (Wildman–Crippen MR) is 87.9 cm³/mol. The number of hydrogen-bond acceptors (Lipinski definition) is 5. The summed E-state index contributed by atoms with van der Waals surface area (Å²) in [5.41, 5.74) is 0.701. The molecule has 0 spiro atoms. The first-order valence-corrected chi connectivity index (χ1v) is 7.92. The van der Waals surface area contributed by atoms with Crippen molar-refractivity contribution >= 4 is 45.9 Å². The van der Waals surface area contributed by atoms with Gasteiger partial charge < -0.3 is 5.11 Å². The van der Waals surface area contributed by atoms with E-state index in [4.69, 9.17) is 0 Å². The van der Waals surface area contributed by atoms with E-state index in [9.17, 15) is 9.90 Å². The lowest BCUT2D eigenvalue weighted by Crippen LogP contribution is -2.23. The monoisotopic (exact) mass is 316 g/mol. The molecule has 0 atom stereocenters. The van der Waals surface area contributed by atoms with Crippen molar-refractivity contribution in [1.82, 2.24) is 4.90 Å². The Morgan fingerprint density at radius 1 is 1.24 bits per heavy atom. The van der Waals surface area contributed by atoms with Crippen LogP contribution in [0.3, 0.4) is 0 Å². The largest absolute Gasteiger partial charge is 0.508 e. The van der Waals surface area contributed by atoms with Gasteiger partial charge in [0.2, 0.25) is 0 Å². The highest BCUT2D eigenvalue weighted by molar-refractivity contribution is 8.18. The number of phenolic OH excluding ortho intramolecular Hbond substituents is 1. The number of hydrogen-bond donors (Lipinski definition) is 1. The minimum Gasteiger partial charge on any atom is -0.508 e. The third-order valence-electron chi connectivity index (χ3n) is 2.89. The Morgan fingerprint density at radius 2 is 2.00 bits per heavy atom. The summed E-state index contributed by atoms with van der Waals surface area (Å²) < 4.78 is 0. The number of phenols is 1. The molecule has 1 saturated heterocycles. The van der Waals surface area contributed by atoms with E-state index in [-0.39, 0.29) is 11.7 Å². The Morgan fingerprint density at radius 3 is 2.67 bits per heavy atom. The number of amides is 1. The summed E-state index contributed by atoms with van der Waals surface area (Å²) in [7, 11) is 1.71. The summed E-state index contributed by atoms with van der Waals surface area (Å²) in [6.45, 7) is 0. The SMILES string of the molecule is CN1C(=O)/C(=C/c2cccs2)SC1=Nc1ccc(O)cc1. The van der Waals surface area contributed by atoms with Gasteiger partial charge in [0.25, 0.3) is 5.91 Å². The van der Waals surface area contributed by atoms with Gasteiger partial charge in [-0.15, -0.1) is 11.3 Å². The van der Waals surface area contributed by atoms with Crippen molar-refractivity contribution in [3.8, 4) is 5.75 Å². The van der Waals surface area contributed by atoms with Gasteiger partial charge in [-0.2, -0.15) is 0 Å². The number of nitrogens with zero attached hydrogens (tertiary/aromatic N) is 2. The quantitative estimate of drug-likeness (QED) is 0.860. The molecule has 106 valence electrons. The summed E-state index contributed by atoms with van der Waals surface area (Å²) in [5.74, 6) is 0.145. The zero-order valence-electron chi connectivity index (χ0n) is 11.2. The van der Waals surface area contributed by atoms with Crippen LogP contribution in [0.4, 0.5) is 5.69 Å². The molecular weight excluding hydrogens is 304 g/mol. The maximum Gasteiger partial charge on any atom is 0.266 e. The van der Waals surface area contributed by atoms with Crippen LogP contribution < -0.4 is 0 Å². The Labute approximate surface area is 130 Å². The van der Waals surface area contributed by atoms with Crippen LogP contribution in [0.1, 0.15) is 4.88 Å². The maximum absolute atomic E-state index is 12.2. The molecule has 0 bridgehead atoms. The lowest BCUT2D eigenvalue weighted by atomic mass is 10.3. The Kier molecular flexibility index (Phi) is 3.81. The van der Waals surface area contributed by atoms with Crippen LogP contribution in [0, 0.1) is 0 Å². The minimum atomic E-state index is -0.0501. The average Bonchev–Trinajstić information content (AvgIpc) is 3.07. The summed E-state index contributed by atoms with van der Waals surface area (Å²) in [6, 6.07) is 10.5. The van der Waals surface area contributed by atoms with Crippen molar-refractivity contribution in [3.05, 3.63) is 51.6 Å². The van der Waals surface area contributed by atoms with Crippen molar-refractivity contribution < 1.29 is 9.90 Å². The number of amidine groups is 1. The van der Waals surface area contributed by atoms with Gasteiger partial charge in [0.05, 0.1) is 10.6 Å². The predicted octanol–water partition coefficient (Wildman–Crippen LogP) is 3.69. The summed E-state index contributed by atoms with van der Waals surface area (Å²) in [4.78, 5) is 19.9. The molecule has 2 aromatic rings. The van der Waals surface area contributed by atoms with Gasteiger partial charge in [-0.1, -0.05) is 6.07 Å². The first kappa shape index (κ1) is 13.9. The van der Waals surface area contributed by atoms with Crippen LogP contribution in [0.15, 0.2) is 51.7 Å². The van der Waals surface area contributed by atoms with Gasteiger partial charge in [-0.05, 0) is 53.5 Å². The zero-order chi connectivity index (χ0) is 14.8. The Bertz CT molecular complexity index is 719. The van der Waals surface area contributed by atoms with E-state index < -0.39 is 0 Å². The van der Waals surface area contributed by atoms with Crippen molar-refractivity contribution in [2.45, 2.75) is 0 Å². The summed E-state index contributed by atoms with van der Waals surface area (Å²) in [6.07, 6.45) is 1.88. The zero-order valence-corrected chi connectivity index (χ0v) is 12.8. The average molecular weight is 316 g/mol. The third kappa shape index (κ3) is 3.01. The summed E-state index contributed by atoms with van der Waals surface area (Å²) in [5, 5.41) is 11.9. The fourth-order valence-corrected chi connectivity index (χ4v) is 3.50. The number of carbonyl (C=O) groups excluding carboxylic acids is 1. The third-order valence-corrected chi connectivity index (χ3v) is 4.77. The number of thioether (sulfide) groups is 1. The van der Waals surface area contributed by atoms with Crippen molar-refractivity contribution in [2.75, 3.05) is 7.05 Å². The topological polar surface area (TPSA) is 52.9 Å².